The molecule has 30 heavy (non-hydrogen) atoms. The first kappa shape index (κ1) is 20.5. The van der Waals surface area contributed by atoms with Gasteiger partial charge in [-0.05, 0) is 12.1 Å². The first-order valence-electron chi connectivity index (χ1n) is 9.75. The highest BCUT2D eigenvalue weighted by atomic mass is 16.7. The molecule has 1 saturated heterocycles. The lowest BCUT2D eigenvalue weighted by molar-refractivity contribution is -0.396. The number of benzene rings is 3. The average Bonchev–Trinajstić information content (AvgIpc) is 2.81. The van der Waals surface area contributed by atoms with Crippen molar-refractivity contribution in [3.05, 3.63) is 102 Å². The van der Waals surface area contributed by atoms with Crippen LogP contribution < -0.4 is 4.74 Å². The molecule has 0 unspecified atom stereocenters. The summed E-state index contributed by atoms with van der Waals surface area (Å²) in [6, 6.07) is 25.9. The van der Waals surface area contributed by atoms with E-state index in [1.54, 1.807) is 84.9 Å². The van der Waals surface area contributed by atoms with Gasteiger partial charge in [0.05, 0.1) is 6.61 Å². The molecule has 0 radical (unpaired) electrons. The van der Waals surface area contributed by atoms with Gasteiger partial charge in [0.15, 0.2) is 0 Å². The van der Waals surface area contributed by atoms with E-state index in [9.17, 15) is 20.4 Å². The molecule has 3 aromatic rings. The van der Waals surface area contributed by atoms with Crippen LogP contribution in [-0.2, 0) is 16.1 Å². The van der Waals surface area contributed by atoms with Gasteiger partial charge in [-0.3, -0.25) is 0 Å². The molecule has 6 nitrogen and oxygen atoms in total. The zero-order valence-corrected chi connectivity index (χ0v) is 16.2. The predicted molar refractivity (Wildman–Crippen MR) is 110 cm³/mol. The molecular weight excluding hydrogens is 384 g/mol. The molecular formula is C24H24O6. The maximum Gasteiger partial charge on any atom is 0.241 e. The Morgan fingerprint density at radius 1 is 0.767 bits per heavy atom. The second kappa shape index (κ2) is 8.18. The van der Waals surface area contributed by atoms with Gasteiger partial charge in [-0.25, -0.2) is 0 Å². The van der Waals surface area contributed by atoms with Gasteiger partial charge in [0.25, 0.3) is 0 Å². The van der Waals surface area contributed by atoms with E-state index in [1.807, 2.05) is 6.07 Å². The van der Waals surface area contributed by atoms with Crippen LogP contribution in [0.15, 0.2) is 91.0 Å². The molecule has 0 aromatic heterocycles. The van der Waals surface area contributed by atoms with Crippen LogP contribution >= 0.6 is 0 Å². The lowest BCUT2D eigenvalue weighted by Crippen LogP contribution is -2.71. The van der Waals surface area contributed by atoms with Crippen molar-refractivity contribution in [3.8, 4) is 5.75 Å². The quantitative estimate of drug-likeness (QED) is 0.515. The van der Waals surface area contributed by atoms with Gasteiger partial charge in [-0.15, -0.1) is 0 Å². The normalized spacial score (nSPS) is 31.3. The first-order valence-corrected chi connectivity index (χ1v) is 9.75. The Morgan fingerprint density at radius 2 is 1.27 bits per heavy atom. The van der Waals surface area contributed by atoms with Crippen molar-refractivity contribution >= 4 is 0 Å². The molecule has 0 spiro atoms. The number of hydrogen-bond donors (Lipinski definition) is 4. The zero-order chi connectivity index (χ0) is 21.2. The van der Waals surface area contributed by atoms with Gasteiger partial charge < -0.3 is 29.9 Å². The summed E-state index contributed by atoms with van der Waals surface area (Å²) in [5.41, 5.74) is -1.21. The van der Waals surface area contributed by atoms with Crippen molar-refractivity contribution < 1.29 is 29.9 Å². The van der Waals surface area contributed by atoms with Crippen molar-refractivity contribution in [2.45, 2.75) is 29.7 Å². The Hall–Kier alpha value is -2.74. The smallest absolute Gasteiger partial charge is 0.241 e. The third kappa shape index (κ3) is 3.19. The summed E-state index contributed by atoms with van der Waals surface area (Å²) in [5.74, 6) is -1.86. The summed E-state index contributed by atoms with van der Waals surface area (Å²) in [5, 5.41) is 43.9. The Labute approximate surface area is 174 Å². The van der Waals surface area contributed by atoms with Gasteiger partial charge in [0, 0.05) is 11.1 Å². The molecule has 156 valence electrons. The number of ether oxygens (including phenoxy) is 2. The fourth-order valence-electron chi connectivity index (χ4n) is 4.03. The second-order valence-electron chi connectivity index (χ2n) is 7.30. The standard InChI is InChI=1S/C24H24O6/c25-16-20-21(26)22(27)23(17-10-4-1-5-11-17,29-19-14-8-3-9-15-19)24(28,30-20)18-12-6-2-7-13-18/h1-15,20-22,25-28H,16H2/t20-,21+,22+,23-,24+/m1/s1. The van der Waals surface area contributed by atoms with E-state index in [1.165, 1.54) is 0 Å². The molecule has 1 fully saturated rings. The third-order valence-corrected chi connectivity index (χ3v) is 5.52. The molecule has 0 amide bonds. The Balaban J connectivity index is 2.00. The maximum atomic E-state index is 12.0. The number of rotatable bonds is 5. The van der Waals surface area contributed by atoms with E-state index in [2.05, 4.69) is 0 Å². The molecule has 6 heteroatoms. The van der Waals surface area contributed by atoms with E-state index >= 15 is 0 Å². The average molecular weight is 408 g/mol. The van der Waals surface area contributed by atoms with Crippen LogP contribution in [0.2, 0.25) is 0 Å². The minimum atomic E-state index is -2.22. The van der Waals surface area contributed by atoms with Crippen LogP contribution in [0, 0.1) is 0 Å². The molecule has 1 aliphatic heterocycles. The zero-order valence-electron chi connectivity index (χ0n) is 16.2. The van der Waals surface area contributed by atoms with Gasteiger partial charge in [-0.2, -0.15) is 0 Å². The Morgan fingerprint density at radius 3 is 1.80 bits per heavy atom. The lowest BCUT2D eigenvalue weighted by atomic mass is 9.72. The molecule has 1 heterocycles. The maximum absolute atomic E-state index is 12.0. The summed E-state index contributed by atoms with van der Waals surface area (Å²) < 4.78 is 12.2. The summed E-state index contributed by atoms with van der Waals surface area (Å²) in [6.07, 6.45) is -4.36. The van der Waals surface area contributed by atoms with E-state index in [4.69, 9.17) is 9.47 Å². The highest BCUT2D eigenvalue weighted by Crippen LogP contribution is 2.52. The Bertz CT molecular complexity index is 951. The van der Waals surface area contributed by atoms with Crippen LogP contribution in [0.4, 0.5) is 0 Å². The summed E-state index contributed by atoms with van der Waals surface area (Å²) in [6.45, 7) is -0.594. The van der Waals surface area contributed by atoms with Crippen LogP contribution in [-0.4, -0.2) is 45.3 Å². The van der Waals surface area contributed by atoms with Gasteiger partial charge in [0.2, 0.25) is 11.4 Å². The topological polar surface area (TPSA) is 99.4 Å². The van der Waals surface area contributed by atoms with E-state index < -0.39 is 36.3 Å². The molecule has 1 aliphatic rings. The second-order valence-corrected chi connectivity index (χ2v) is 7.30. The minimum absolute atomic E-state index is 0.314. The monoisotopic (exact) mass is 408 g/mol. The van der Waals surface area contributed by atoms with Crippen LogP contribution in [0.5, 0.6) is 5.75 Å². The molecule has 0 bridgehead atoms. The SMILES string of the molecule is OC[C@H]1O[C@@](O)(c2ccccc2)[C@@](Oc2ccccc2)(c2ccccc2)[C@@H](O)[C@H]1O. The molecule has 3 aromatic carbocycles. The van der Waals surface area contributed by atoms with Gasteiger partial charge in [0.1, 0.15) is 24.1 Å². The fourth-order valence-corrected chi connectivity index (χ4v) is 4.03. The third-order valence-electron chi connectivity index (χ3n) is 5.52. The number of hydrogen-bond acceptors (Lipinski definition) is 6. The van der Waals surface area contributed by atoms with Gasteiger partial charge in [-0.1, -0.05) is 78.9 Å². The van der Waals surface area contributed by atoms with Gasteiger partial charge >= 0.3 is 0 Å². The van der Waals surface area contributed by atoms with E-state index in [-0.39, 0.29) is 0 Å². The van der Waals surface area contributed by atoms with Crippen LogP contribution in [0.1, 0.15) is 11.1 Å². The van der Waals surface area contributed by atoms with Crippen molar-refractivity contribution in [3.63, 3.8) is 0 Å². The van der Waals surface area contributed by atoms with Crippen LogP contribution in [0.25, 0.3) is 0 Å². The molecule has 0 saturated carbocycles. The number of para-hydroxylation sites is 1. The van der Waals surface area contributed by atoms with Crippen molar-refractivity contribution in [1.82, 2.24) is 0 Å². The van der Waals surface area contributed by atoms with E-state index in [0.29, 0.717) is 16.9 Å². The lowest BCUT2D eigenvalue weighted by Gasteiger charge is -2.55. The molecule has 0 aliphatic carbocycles. The minimum Gasteiger partial charge on any atom is -0.474 e. The fraction of sp³-hybridized carbons (Fsp3) is 0.250. The molecule has 4 rings (SSSR count). The van der Waals surface area contributed by atoms with Crippen LogP contribution in [0.3, 0.4) is 0 Å². The Kier molecular flexibility index (Phi) is 5.60. The number of aliphatic hydroxyl groups excluding tert-OH is 3. The summed E-state index contributed by atoms with van der Waals surface area (Å²) in [7, 11) is 0. The summed E-state index contributed by atoms with van der Waals surface area (Å²) in [4.78, 5) is 0. The molecule has 4 N–H and O–H groups in total. The highest BCUT2D eigenvalue weighted by molar-refractivity contribution is 5.38. The molecule has 5 atom stereocenters. The first-order chi connectivity index (χ1) is 14.5. The summed E-state index contributed by atoms with van der Waals surface area (Å²) >= 11 is 0. The largest absolute Gasteiger partial charge is 0.474 e. The van der Waals surface area contributed by atoms with Crippen molar-refractivity contribution in [1.29, 1.82) is 0 Å². The van der Waals surface area contributed by atoms with Crippen molar-refractivity contribution in [2.75, 3.05) is 6.61 Å². The van der Waals surface area contributed by atoms with Crippen molar-refractivity contribution in [2.24, 2.45) is 0 Å². The highest BCUT2D eigenvalue weighted by Gasteiger charge is 2.67. The predicted octanol–water partition coefficient (Wildman–Crippen LogP) is 1.92. The number of aliphatic hydroxyl groups is 4. The van der Waals surface area contributed by atoms with E-state index in [0.717, 1.165) is 0 Å².